The van der Waals surface area contributed by atoms with Gasteiger partial charge < -0.3 is 15.5 Å². The van der Waals surface area contributed by atoms with Gasteiger partial charge in [-0.3, -0.25) is 9.59 Å². The summed E-state index contributed by atoms with van der Waals surface area (Å²) in [4.78, 5) is 36.7. The number of nitrogens with two attached hydrogens (primary N) is 1. The summed E-state index contributed by atoms with van der Waals surface area (Å²) in [5, 5.41) is 4.93. The molecule has 154 valence electrons. The number of carbonyl (C=O) groups is 2. The van der Waals surface area contributed by atoms with Gasteiger partial charge in [0.15, 0.2) is 6.10 Å². The van der Waals surface area contributed by atoms with Gasteiger partial charge in [-0.25, -0.2) is 4.98 Å². The van der Waals surface area contributed by atoms with Crippen LogP contribution in [0.3, 0.4) is 0 Å². The number of carbonyl (C=O) groups excluding carboxylic acids is 2. The number of H-pyrrole nitrogens is 1. The molecule has 3 aromatic heterocycles. The first-order valence-corrected chi connectivity index (χ1v) is 9.63. The number of hydrogen-bond donors (Lipinski definition) is 2. The molecule has 3 N–H and O–H groups in total. The molecule has 0 fully saturated rings. The number of nitrogens with zero attached hydrogens (tertiary/aromatic N) is 4. The van der Waals surface area contributed by atoms with Crippen molar-refractivity contribution in [2.24, 2.45) is 0 Å². The molecular formula is C21H22N6O3. The predicted molar refractivity (Wildman–Crippen MR) is 111 cm³/mol. The molecule has 0 aliphatic rings. The lowest BCUT2D eigenvalue weighted by Crippen LogP contribution is -2.24. The number of para-hydroxylation sites is 1. The predicted octanol–water partition coefficient (Wildman–Crippen LogP) is 2.55. The molecule has 3 heterocycles. The average Bonchev–Trinajstić information content (AvgIpc) is 3.30. The number of nitrogens with one attached hydrogen (secondary N) is 1. The molecule has 0 bridgehead atoms. The molecule has 1 atom stereocenters. The van der Waals surface area contributed by atoms with E-state index in [1.807, 2.05) is 38.1 Å². The number of aromatic amines is 1. The van der Waals surface area contributed by atoms with Crippen LogP contribution in [0.1, 0.15) is 40.7 Å². The smallest absolute Gasteiger partial charge is 0.306 e. The van der Waals surface area contributed by atoms with E-state index in [1.54, 1.807) is 17.6 Å². The van der Waals surface area contributed by atoms with Crippen LogP contribution in [0.4, 0.5) is 5.95 Å². The van der Waals surface area contributed by atoms with Crippen molar-refractivity contribution in [2.75, 3.05) is 5.73 Å². The molecule has 0 unspecified atom stereocenters. The summed E-state index contributed by atoms with van der Waals surface area (Å²) in [7, 11) is 0. The van der Waals surface area contributed by atoms with Crippen LogP contribution in [0.25, 0.3) is 16.7 Å². The Bertz CT molecular complexity index is 1270. The van der Waals surface area contributed by atoms with Crippen molar-refractivity contribution in [3.05, 3.63) is 53.0 Å². The quantitative estimate of drug-likeness (QED) is 0.372. The second-order valence-electron chi connectivity index (χ2n) is 7.19. The van der Waals surface area contributed by atoms with E-state index in [4.69, 9.17) is 10.5 Å². The fourth-order valence-corrected chi connectivity index (χ4v) is 3.62. The minimum atomic E-state index is -0.880. The molecule has 0 saturated carbocycles. The summed E-state index contributed by atoms with van der Waals surface area (Å²) in [6.45, 7) is 5.31. The number of aromatic nitrogens is 5. The summed E-state index contributed by atoms with van der Waals surface area (Å²) >= 11 is 0. The number of ketones is 1. The third-order valence-corrected chi connectivity index (χ3v) is 5.18. The molecule has 9 heteroatoms. The molecule has 0 aliphatic heterocycles. The number of rotatable bonds is 6. The van der Waals surface area contributed by atoms with E-state index >= 15 is 0 Å². The maximum atomic E-state index is 12.7. The molecule has 0 radical (unpaired) electrons. The minimum absolute atomic E-state index is 0.116. The van der Waals surface area contributed by atoms with Gasteiger partial charge in [-0.05, 0) is 38.8 Å². The standard InChI is InChI=1S/C21H22N6O3/c1-11-14(12(2)27-21(24-11)25-20(22)26-27)8-9-18(28)30-13(3)19(29)16-10-23-17-7-5-4-6-15(16)17/h4-7,10,13,23H,8-9H2,1-3H3,(H2,22,26)/t13-/m1/s1. The molecule has 0 amide bonds. The number of Topliss-reactive ketones (excluding diaryl/α,β-unsaturated/α-hetero) is 1. The highest BCUT2D eigenvalue weighted by Crippen LogP contribution is 2.21. The zero-order chi connectivity index (χ0) is 21.4. The Morgan fingerprint density at radius 2 is 2.00 bits per heavy atom. The summed E-state index contributed by atoms with van der Waals surface area (Å²) in [5.74, 6) is -0.125. The van der Waals surface area contributed by atoms with Crippen molar-refractivity contribution in [1.29, 1.82) is 0 Å². The van der Waals surface area contributed by atoms with E-state index in [0.717, 1.165) is 27.9 Å². The van der Waals surface area contributed by atoms with E-state index in [2.05, 4.69) is 20.1 Å². The monoisotopic (exact) mass is 406 g/mol. The highest BCUT2D eigenvalue weighted by atomic mass is 16.5. The third kappa shape index (κ3) is 3.49. The molecule has 0 spiro atoms. The Hall–Kier alpha value is -3.75. The fraction of sp³-hybridized carbons (Fsp3) is 0.286. The van der Waals surface area contributed by atoms with Crippen molar-refractivity contribution in [2.45, 2.75) is 39.7 Å². The van der Waals surface area contributed by atoms with E-state index in [0.29, 0.717) is 17.8 Å². The van der Waals surface area contributed by atoms with Crippen LogP contribution in [-0.2, 0) is 16.0 Å². The highest BCUT2D eigenvalue weighted by Gasteiger charge is 2.22. The second-order valence-corrected chi connectivity index (χ2v) is 7.19. The Balaban J connectivity index is 1.43. The van der Waals surface area contributed by atoms with Gasteiger partial charge in [-0.15, -0.1) is 5.10 Å². The van der Waals surface area contributed by atoms with E-state index in [-0.39, 0.29) is 18.2 Å². The van der Waals surface area contributed by atoms with Crippen molar-refractivity contribution >= 4 is 34.4 Å². The van der Waals surface area contributed by atoms with Gasteiger partial charge >= 0.3 is 5.97 Å². The van der Waals surface area contributed by atoms with Crippen molar-refractivity contribution in [3.8, 4) is 0 Å². The molecule has 30 heavy (non-hydrogen) atoms. The van der Waals surface area contributed by atoms with Crippen LogP contribution in [-0.4, -0.2) is 42.4 Å². The normalized spacial score (nSPS) is 12.4. The zero-order valence-corrected chi connectivity index (χ0v) is 17.0. The number of benzene rings is 1. The van der Waals surface area contributed by atoms with Crippen molar-refractivity contribution < 1.29 is 14.3 Å². The summed E-state index contributed by atoms with van der Waals surface area (Å²) in [6.07, 6.45) is 1.29. The van der Waals surface area contributed by atoms with Gasteiger partial charge in [0.1, 0.15) is 0 Å². The maximum Gasteiger partial charge on any atom is 0.306 e. The average molecular weight is 406 g/mol. The van der Waals surface area contributed by atoms with Crippen LogP contribution in [0, 0.1) is 13.8 Å². The van der Waals surface area contributed by atoms with Crippen LogP contribution < -0.4 is 5.73 Å². The molecule has 1 aromatic carbocycles. The third-order valence-electron chi connectivity index (χ3n) is 5.18. The summed E-state index contributed by atoms with van der Waals surface area (Å²) in [5.41, 5.74) is 9.47. The van der Waals surface area contributed by atoms with Crippen LogP contribution >= 0.6 is 0 Å². The molecule has 0 aliphatic carbocycles. The minimum Gasteiger partial charge on any atom is -0.454 e. The molecular weight excluding hydrogens is 384 g/mol. The lowest BCUT2D eigenvalue weighted by atomic mass is 10.1. The van der Waals surface area contributed by atoms with E-state index in [9.17, 15) is 9.59 Å². The largest absolute Gasteiger partial charge is 0.454 e. The fourth-order valence-electron chi connectivity index (χ4n) is 3.62. The van der Waals surface area contributed by atoms with Crippen molar-refractivity contribution in [3.63, 3.8) is 0 Å². The molecule has 0 saturated heterocycles. The van der Waals surface area contributed by atoms with E-state index in [1.165, 1.54) is 0 Å². The van der Waals surface area contributed by atoms with Gasteiger partial charge in [0.2, 0.25) is 11.7 Å². The van der Waals surface area contributed by atoms with Gasteiger partial charge in [-0.2, -0.15) is 9.50 Å². The number of esters is 1. The topological polar surface area (TPSA) is 128 Å². The Morgan fingerprint density at radius 3 is 2.80 bits per heavy atom. The zero-order valence-electron chi connectivity index (χ0n) is 17.0. The number of fused-ring (bicyclic) bond motifs is 2. The van der Waals surface area contributed by atoms with Crippen LogP contribution in [0.5, 0.6) is 0 Å². The number of anilines is 1. The van der Waals surface area contributed by atoms with Crippen LogP contribution in [0.15, 0.2) is 30.5 Å². The lowest BCUT2D eigenvalue weighted by Gasteiger charge is -2.13. The highest BCUT2D eigenvalue weighted by molar-refractivity contribution is 6.10. The first kappa shape index (κ1) is 19.6. The van der Waals surface area contributed by atoms with Crippen LogP contribution in [0.2, 0.25) is 0 Å². The first-order chi connectivity index (χ1) is 14.3. The van der Waals surface area contributed by atoms with Crippen molar-refractivity contribution in [1.82, 2.24) is 24.6 Å². The number of ether oxygens (including phenoxy) is 1. The van der Waals surface area contributed by atoms with Gasteiger partial charge in [0.05, 0.1) is 0 Å². The van der Waals surface area contributed by atoms with Gasteiger partial charge in [-0.1, -0.05) is 18.2 Å². The Labute approximate surface area is 172 Å². The van der Waals surface area contributed by atoms with Gasteiger partial charge in [0.25, 0.3) is 5.78 Å². The van der Waals surface area contributed by atoms with E-state index < -0.39 is 12.1 Å². The number of aryl methyl sites for hydroxylation is 2. The number of hydrogen-bond acceptors (Lipinski definition) is 7. The lowest BCUT2D eigenvalue weighted by molar-refractivity contribution is -0.146. The Morgan fingerprint density at radius 1 is 1.23 bits per heavy atom. The summed E-state index contributed by atoms with van der Waals surface area (Å²) < 4.78 is 6.96. The Kier molecular flexibility index (Phi) is 4.94. The van der Waals surface area contributed by atoms with Gasteiger partial charge in [0, 0.05) is 40.5 Å². The maximum absolute atomic E-state index is 12.7. The second kappa shape index (κ2) is 7.58. The summed E-state index contributed by atoms with van der Waals surface area (Å²) in [6, 6.07) is 7.50. The first-order valence-electron chi connectivity index (χ1n) is 9.63. The molecule has 4 aromatic rings. The molecule has 9 nitrogen and oxygen atoms in total. The molecule has 4 rings (SSSR count). The number of nitrogen functional groups attached to an aromatic ring is 1. The SMILES string of the molecule is Cc1nc2nc(N)nn2c(C)c1CCC(=O)O[C@H](C)C(=O)c1c[nH]c2ccccc12.